The zero-order chi connectivity index (χ0) is 10.9. The number of likely N-dealkylation sites (N-methyl/N-ethyl adjacent to an activating group) is 1. The average molecular weight is 198 g/mol. The van der Waals surface area contributed by atoms with E-state index in [1.165, 1.54) is 4.90 Å². The van der Waals surface area contributed by atoms with Gasteiger partial charge in [-0.15, -0.1) is 0 Å². The van der Waals surface area contributed by atoms with Crippen molar-refractivity contribution in [3.63, 3.8) is 0 Å². The Hall–Kier alpha value is -0.900. The van der Waals surface area contributed by atoms with Gasteiger partial charge in [0.05, 0.1) is 13.1 Å². The van der Waals surface area contributed by atoms with E-state index in [0.717, 1.165) is 6.54 Å². The van der Waals surface area contributed by atoms with Crippen molar-refractivity contribution in [1.29, 1.82) is 0 Å². The molecule has 80 valence electrons. The van der Waals surface area contributed by atoms with Crippen molar-refractivity contribution < 1.29 is 9.59 Å². The standard InChI is InChI=1S/C10H18N2O2/c1-5-11-6-8(13)12(9(14)7-11)10(2,3)4/h5-7H2,1-4H3. The third kappa shape index (κ3) is 2.12. The second-order valence-electron chi connectivity index (χ2n) is 4.60. The maximum Gasteiger partial charge on any atom is 0.243 e. The Balaban J connectivity index is 2.81. The molecule has 0 aliphatic carbocycles. The average Bonchev–Trinajstić information content (AvgIpc) is 1.99. The van der Waals surface area contributed by atoms with Gasteiger partial charge in [0.1, 0.15) is 0 Å². The van der Waals surface area contributed by atoms with E-state index in [9.17, 15) is 9.59 Å². The Kier molecular flexibility index (Phi) is 2.95. The molecule has 1 saturated heterocycles. The molecule has 14 heavy (non-hydrogen) atoms. The molecule has 1 aliphatic rings. The molecular formula is C10H18N2O2. The second-order valence-corrected chi connectivity index (χ2v) is 4.60. The third-order valence-corrected chi connectivity index (χ3v) is 2.33. The monoisotopic (exact) mass is 198 g/mol. The number of hydrogen-bond acceptors (Lipinski definition) is 3. The van der Waals surface area contributed by atoms with Gasteiger partial charge < -0.3 is 0 Å². The number of nitrogens with zero attached hydrogens (tertiary/aromatic N) is 2. The van der Waals surface area contributed by atoms with Crippen LogP contribution in [0.1, 0.15) is 27.7 Å². The maximum absolute atomic E-state index is 11.7. The summed E-state index contributed by atoms with van der Waals surface area (Å²) in [6, 6.07) is 0. The summed E-state index contributed by atoms with van der Waals surface area (Å²) >= 11 is 0. The molecule has 2 amide bonds. The molecule has 0 unspecified atom stereocenters. The van der Waals surface area contributed by atoms with Crippen LogP contribution in [0, 0.1) is 0 Å². The molecule has 0 bridgehead atoms. The highest BCUT2D eigenvalue weighted by atomic mass is 16.2. The van der Waals surface area contributed by atoms with E-state index in [1.807, 2.05) is 32.6 Å². The summed E-state index contributed by atoms with van der Waals surface area (Å²) in [6.45, 7) is 9.06. The van der Waals surface area contributed by atoms with Crippen molar-refractivity contribution >= 4 is 11.8 Å². The number of piperazine rings is 1. The topological polar surface area (TPSA) is 40.6 Å². The van der Waals surface area contributed by atoms with E-state index in [0.29, 0.717) is 13.1 Å². The summed E-state index contributed by atoms with van der Waals surface area (Å²) in [5.41, 5.74) is -0.395. The van der Waals surface area contributed by atoms with E-state index in [1.54, 1.807) is 0 Å². The van der Waals surface area contributed by atoms with Crippen molar-refractivity contribution in [1.82, 2.24) is 9.80 Å². The summed E-state index contributed by atoms with van der Waals surface area (Å²) in [6.07, 6.45) is 0. The number of imide groups is 1. The lowest BCUT2D eigenvalue weighted by molar-refractivity contribution is -0.157. The maximum atomic E-state index is 11.7. The number of rotatable bonds is 1. The van der Waals surface area contributed by atoms with Crippen LogP contribution in [0.2, 0.25) is 0 Å². The Morgan fingerprint density at radius 3 is 1.86 bits per heavy atom. The summed E-state index contributed by atoms with van der Waals surface area (Å²) in [4.78, 5) is 26.6. The van der Waals surface area contributed by atoms with Crippen molar-refractivity contribution in [3.05, 3.63) is 0 Å². The highest BCUT2D eigenvalue weighted by molar-refractivity contribution is 6.00. The third-order valence-electron chi connectivity index (χ3n) is 2.33. The van der Waals surface area contributed by atoms with Crippen LogP contribution in [-0.2, 0) is 9.59 Å². The van der Waals surface area contributed by atoms with Gasteiger partial charge in [-0.25, -0.2) is 0 Å². The van der Waals surface area contributed by atoms with Gasteiger partial charge in [0.15, 0.2) is 0 Å². The van der Waals surface area contributed by atoms with Crippen molar-refractivity contribution in [2.45, 2.75) is 33.2 Å². The SMILES string of the molecule is CCN1CC(=O)N(C(C)(C)C)C(=O)C1. The first-order valence-electron chi connectivity index (χ1n) is 4.94. The van der Waals surface area contributed by atoms with Crippen LogP contribution >= 0.6 is 0 Å². The van der Waals surface area contributed by atoms with E-state index >= 15 is 0 Å². The Morgan fingerprint density at radius 2 is 1.57 bits per heavy atom. The molecule has 0 aromatic carbocycles. The lowest BCUT2D eigenvalue weighted by Gasteiger charge is -2.39. The molecule has 0 N–H and O–H groups in total. The van der Waals surface area contributed by atoms with Crippen LogP contribution in [0.5, 0.6) is 0 Å². The zero-order valence-electron chi connectivity index (χ0n) is 9.33. The van der Waals surface area contributed by atoms with Crippen LogP contribution in [0.25, 0.3) is 0 Å². The predicted molar refractivity (Wildman–Crippen MR) is 53.7 cm³/mol. The lowest BCUT2D eigenvalue weighted by atomic mass is 10.0. The quantitative estimate of drug-likeness (QED) is 0.575. The van der Waals surface area contributed by atoms with Crippen LogP contribution in [-0.4, -0.2) is 46.8 Å². The van der Waals surface area contributed by atoms with E-state index in [4.69, 9.17) is 0 Å². The fourth-order valence-electron chi connectivity index (χ4n) is 1.69. The molecule has 0 spiro atoms. The number of carbonyl (C=O) groups is 2. The van der Waals surface area contributed by atoms with Gasteiger partial charge >= 0.3 is 0 Å². The smallest absolute Gasteiger partial charge is 0.243 e. The molecule has 0 saturated carbocycles. The minimum absolute atomic E-state index is 0.0874. The highest BCUT2D eigenvalue weighted by Crippen LogP contribution is 2.17. The molecular weight excluding hydrogens is 180 g/mol. The predicted octanol–water partition coefficient (Wildman–Crippen LogP) is 0.476. The number of hydrogen-bond donors (Lipinski definition) is 0. The van der Waals surface area contributed by atoms with Crippen LogP contribution < -0.4 is 0 Å². The van der Waals surface area contributed by atoms with Gasteiger partial charge in [-0.2, -0.15) is 0 Å². The first kappa shape index (κ1) is 11.2. The Bertz CT molecular complexity index is 237. The molecule has 1 aliphatic heterocycles. The van der Waals surface area contributed by atoms with Gasteiger partial charge in [0, 0.05) is 5.54 Å². The molecule has 0 aromatic heterocycles. The van der Waals surface area contributed by atoms with E-state index in [2.05, 4.69) is 0 Å². The van der Waals surface area contributed by atoms with Gasteiger partial charge in [-0.3, -0.25) is 19.4 Å². The molecule has 0 atom stereocenters. The molecule has 1 fully saturated rings. The van der Waals surface area contributed by atoms with Gasteiger partial charge in [0.2, 0.25) is 11.8 Å². The first-order valence-corrected chi connectivity index (χ1v) is 4.94. The fraction of sp³-hybridized carbons (Fsp3) is 0.800. The van der Waals surface area contributed by atoms with Crippen LogP contribution in [0.4, 0.5) is 0 Å². The molecule has 0 radical (unpaired) electrons. The van der Waals surface area contributed by atoms with Crippen molar-refractivity contribution in [2.24, 2.45) is 0 Å². The Morgan fingerprint density at radius 1 is 1.14 bits per heavy atom. The second kappa shape index (κ2) is 3.69. The fourth-order valence-corrected chi connectivity index (χ4v) is 1.69. The number of carbonyl (C=O) groups excluding carboxylic acids is 2. The largest absolute Gasteiger partial charge is 0.286 e. The zero-order valence-corrected chi connectivity index (χ0v) is 9.33. The van der Waals surface area contributed by atoms with Gasteiger partial charge in [0.25, 0.3) is 0 Å². The van der Waals surface area contributed by atoms with Crippen LogP contribution in [0.15, 0.2) is 0 Å². The molecule has 0 aromatic rings. The van der Waals surface area contributed by atoms with Gasteiger partial charge in [-0.1, -0.05) is 6.92 Å². The van der Waals surface area contributed by atoms with E-state index < -0.39 is 5.54 Å². The summed E-state index contributed by atoms with van der Waals surface area (Å²) in [5, 5.41) is 0. The molecule has 1 heterocycles. The van der Waals surface area contributed by atoms with Crippen molar-refractivity contribution in [3.8, 4) is 0 Å². The summed E-state index contributed by atoms with van der Waals surface area (Å²) in [5.74, 6) is -0.175. The molecule has 4 nitrogen and oxygen atoms in total. The first-order chi connectivity index (χ1) is 6.36. The summed E-state index contributed by atoms with van der Waals surface area (Å²) in [7, 11) is 0. The molecule has 1 rings (SSSR count). The lowest BCUT2D eigenvalue weighted by Crippen LogP contribution is -2.59. The molecule has 4 heteroatoms. The number of amides is 2. The normalized spacial score (nSPS) is 20.4. The van der Waals surface area contributed by atoms with Crippen LogP contribution in [0.3, 0.4) is 0 Å². The minimum Gasteiger partial charge on any atom is -0.286 e. The highest BCUT2D eigenvalue weighted by Gasteiger charge is 2.37. The van der Waals surface area contributed by atoms with Crippen molar-refractivity contribution in [2.75, 3.05) is 19.6 Å². The summed E-state index contributed by atoms with van der Waals surface area (Å²) < 4.78 is 0. The van der Waals surface area contributed by atoms with Gasteiger partial charge in [-0.05, 0) is 27.3 Å². The Labute approximate surface area is 84.9 Å². The minimum atomic E-state index is -0.395. The van der Waals surface area contributed by atoms with E-state index in [-0.39, 0.29) is 11.8 Å².